The Labute approximate surface area is 200 Å². The van der Waals surface area contributed by atoms with Crippen molar-refractivity contribution in [2.75, 3.05) is 24.2 Å². The summed E-state index contributed by atoms with van der Waals surface area (Å²) in [5.41, 5.74) is 2.77. The lowest BCUT2D eigenvalue weighted by Gasteiger charge is -2.15. The first-order chi connectivity index (χ1) is 16.1. The maximum absolute atomic E-state index is 14.8. The average molecular weight is 503 g/mol. The van der Waals surface area contributed by atoms with Crippen LogP contribution in [-0.4, -0.2) is 42.5 Å². The Hall–Kier alpha value is -3.57. The molecule has 12 heteroatoms. The number of aryl methyl sites for hydroxylation is 2. The molecule has 0 aliphatic carbocycles. The van der Waals surface area contributed by atoms with Crippen molar-refractivity contribution in [3.63, 3.8) is 0 Å². The smallest absolute Gasteiger partial charge is 0.267 e. The lowest BCUT2D eigenvalue weighted by atomic mass is 9.98. The number of nitrogens with one attached hydrogen (secondary N) is 2. The number of aromatic nitrogens is 4. The molecule has 176 valence electrons. The lowest BCUT2D eigenvalue weighted by molar-refractivity contribution is 0.385. The number of benzene rings is 1. The van der Waals surface area contributed by atoms with Crippen LogP contribution in [0.25, 0.3) is 22.2 Å². The summed E-state index contributed by atoms with van der Waals surface area (Å²) in [6.07, 6.45) is 2.88. The molecule has 34 heavy (non-hydrogen) atoms. The highest BCUT2D eigenvalue weighted by Crippen LogP contribution is 2.34. The first kappa shape index (κ1) is 23.6. The Morgan fingerprint density at radius 1 is 1.03 bits per heavy atom. The molecule has 9 nitrogen and oxygen atoms in total. The van der Waals surface area contributed by atoms with E-state index in [2.05, 4.69) is 30.0 Å². The molecule has 0 aliphatic rings. The van der Waals surface area contributed by atoms with Crippen molar-refractivity contribution in [2.24, 2.45) is 0 Å². The molecule has 0 amide bonds. The summed E-state index contributed by atoms with van der Waals surface area (Å²) in [6.45, 7) is 3.52. The zero-order valence-electron chi connectivity index (χ0n) is 18.6. The SMILES string of the molecule is CNc1ncc2cc(-c3cc(NS(=O)(=O)c4cc(Cl)cnc4OC)c(F)cc3C)c(C)nc2n1. The van der Waals surface area contributed by atoms with Crippen LogP contribution in [0.2, 0.25) is 5.02 Å². The van der Waals surface area contributed by atoms with Gasteiger partial charge in [-0.2, -0.15) is 4.98 Å². The third-order valence-corrected chi connectivity index (χ3v) is 6.67. The van der Waals surface area contributed by atoms with E-state index < -0.39 is 15.8 Å². The fourth-order valence-corrected chi connectivity index (χ4v) is 4.87. The molecule has 3 heterocycles. The standard InChI is InChI=1S/C22H20ClFN6O3S/c1-11-5-17(24)18(30-34(31,32)19-7-14(23)10-26-21(19)33-4)8-15(11)16-6-13-9-27-22(25-3)29-20(13)28-12(16)2/h5-10,30H,1-4H3,(H,25,27,28,29). The minimum Gasteiger partial charge on any atom is -0.480 e. The summed E-state index contributed by atoms with van der Waals surface area (Å²) < 4.78 is 48.2. The van der Waals surface area contributed by atoms with Gasteiger partial charge in [-0.1, -0.05) is 11.6 Å². The van der Waals surface area contributed by atoms with Gasteiger partial charge in [0.2, 0.25) is 11.8 Å². The van der Waals surface area contributed by atoms with Gasteiger partial charge in [-0.25, -0.2) is 27.8 Å². The van der Waals surface area contributed by atoms with Crippen LogP contribution in [0.1, 0.15) is 11.3 Å². The van der Waals surface area contributed by atoms with Gasteiger partial charge in [-0.15, -0.1) is 0 Å². The van der Waals surface area contributed by atoms with Crippen LogP contribution >= 0.6 is 11.6 Å². The highest BCUT2D eigenvalue weighted by atomic mass is 35.5. The van der Waals surface area contributed by atoms with E-state index in [-0.39, 0.29) is 21.5 Å². The first-order valence-electron chi connectivity index (χ1n) is 9.98. The zero-order valence-corrected chi connectivity index (χ0v) is 20.2. The Morgan fingerprint density at radius 3 is 2.50 bits per heavy atom. The van der Waals surface area contributed by atoms with Crippen molar-refractivity contribution >= 4 is 44.3 Å². The molecular formula is C22H20ClFN6O3S. The summed E-state index contributed by atoms with van der Waals surface area (Å²) in [4.78, 5) is 16.6. The normalized spacial score (nSPS) is 11.5. The number of ether oxygens (including phenoxy) is 1. The number of hydrogen-bond acceptors (Lipinski definition) is 8. The van der Waals surface area contributed by atoms with Gasteiger partial charge in [0, 0.05) is 36.1 Å². The minimum atomic E-state index is -4.27. The second-order valence-electron chi connectivity index (χ2n) is 7.39. The molecule has 0 aliphatic heterocycles. The molecule has 0 saturated heterocycles. The first-order valence-corrected chi connectivity index (χ1v) is 11.8. The molecular weight excluding hydrogens is 483 g/mol. The molecule has 0 radical (unpaired) electrons. The van der Waals surface area contributed by atoms with Gasteiger partial charge in [0.05, 0.1) is 17.8 Å². The number of nitrogens with zero attached hydrogens (tertiary/aromatic N) is 4. The molecule has 0 unspecified atom stereocenters. The van der Waals surface area contributed by atoms with E-state index in [4.69, 9.17) is 16.3 Å². The Bertz CT molecular complexity index is 1530. The van der Waals surface area contributed by atoms with E-state index in [1.807, 2.05) is 6.07 Å². The Morgan fingerprint density at radius 2 is 1.79 bits per heavy atom. The molecule has 2 N–H and O–H groups in total. The van der Waals surface area contributed by atoms with E-state index in [0.717, 1.165) is 0 Å². The fraction of sp³-hybridized carbons (Fsp3) is 0.182. The third-order valence-electron chi connectivity index (χ3n) is 5.10. The molecule has 1 aromatic carbocycles. The maximum Gasteiger partial charge on any atom is 0.267 e. The van der Waals surface area contributed by atoms with E-state index in [0.29, 0.717) is 39.4 Å². The highest BCUT2D eigenvalue weighted by molar-refractivity contribution is 7.92. The van der Waals surface area contributed by atoms with Crippen molar-refractivity contribution < 1.29 is 17.5 Å². The van der Waals surface area contributed by atoms with E-state index >= 15 is 0 Å². The molecule has 4 aromatic rings. The molecule has 4 rings (SSSR count). The summed E-state index contributed by atoms with van der Waals surface area (Å²) in [7, 11) is -1.28. The predicted molar refractivity (Wildman–Crippen MR) is 128 cm³/mol. The van der Waals surface area contributed by atoms with Gasteiger partial charge < -0.3 is 10.1 Å². The molecule has 0 saturated carbocycles. The Kier molecular flexibility index (Phi) is 6.24. The number of pyridine rings is 2. The summed E-state index contributed by atoms with van der Waals surface area (Å²) in [5, 5.41) is 3.64. The number of halogens is 2. The Balaban J connectivity index is 1.81. The summed E-state index contributed by atoms with van der Waals surface area (Å²) >= 11 is 5.92. The van der Waals surface area contributed by atoms with Crippen LogP contribution < -0.4 is 14.8 Å². The largest absolute Gasteiger partial charge is 0.480 e. The quantitative estimate of drug-likeness (QED) is 0.399. The van der Waals surface area contributed by atoms with Crippen LogP contribution in [0.15, 0.2) is 41.6 Å². The molecule has 3 aromatic heterocycles. The number of methoxy groups -OCH3 is 1. The number of anilines is 2. The van der Waals surface area contributed by atoms with Crippen LogP contribution in [0, 0.1) is 19.7 Å². The minimum absolute atomic E-state index is 0.0905. The van der Waals surface area contributed by atoms with Gasteiger partial charge in [0.25, 0.3) is 10.0 Å². The number of fused-ring (bicyclic) bond motifs is 1. The van der Waals surface area contributed by atoms with E-state index in [1.165, 1.54) is 31.5 Å². The van der Waals surface area contributed by atoms with Crippen molar-refractivity contribution in [1.82, 2.24) is 19.9 Å². The van der Waals surface area contributed by atoms with Crippen LogP contribution in [0.3, 0.4) is 0 Å². The van der Waals surface area contributed by atoms with Gasteiger partial charge in [0.15, 0.2) is 10.5 Å². The monoisotopic (exact) mass is 502 g/mol. The topological polar surface area (TPSA) is 119 Å². The zero-order chi connectivity index (χ0) is 24.6. The van der Waals surface area contributed by atoms with Crippen LogP contribution in [0.4, 0.5) is 16.0 Å². The lowest BCUT2D eigenvalue weighted by Crippen LogP contribution is -2.16. The second-order valence-corrected chi connectivity index (χ2v) is 9.48. The molecule has 0 bridgehead atoms. The average Bonchev–Trinajstić information content (AvgIpc) is 2.80. The van der Waals surface area contributed by atoms with E-state index in [1.54, 1.807) is 27.1 Å². The number of rotatable bonds is 6. The van der Waals surface area contributed by atoms with Crippen molar-refractivity contribution in [1.29, 1.82) is 0 Å². The highest BCUT2D eigenvalue weighted by Gasteiger charge is 2.24. The molecule has 0 fully saturated rings. The summed E-state index contributed by atoms with van der Waals surface area (Å²) in [6, 6.07) is 5.69. The van der Waals surface area contributed by atoms with Crippen molar-refractivity contribution in [2.45, 2.75) is 18.7 Å². The summed E-state index contributed by atoms with van der Waals surface area (Å²) in [5.74, 6) is -0.472. The second kappa shape index (κ2) is 8.99. The van der Waals surface area contributed by atoms with Crippen LogP contribution in [0.5, 0.6) is 5.88 Å². The van der Waals surface area contributed by atoms with Gasteiger partial charge in [-0.05, 0) is 49.2 Å². The number of sulfonamides is 1. The fourth-order valence-electron chi connectivity index (χ4n) is 3.44. The van der Waals surface area contributed by atoms with Gasteiger partial charge in [0.1, 0.15) is 5.82 Å². The van der Waals surface area contributed by atoms with Crippen molar-refractivity contribution in [3.05, 3.63) is 58.8 Å². The van der Waals surface area contributed by atoms with Gasteiger partial charge in [-0.3, -0.25) is 4.72 Å². The van der Waals surface area contributed by atoms with Gasteiger partial charge >= 0.3 is 0 Å². The van der Waals surface area contributed by atoms with Crippen LogP contribution in [-0.2, 0) is 10.0 Å². The number of hydrogen-bond donors (Lipinski definition) is 2. The van der Waals surface area contributed by atoms with E-state index in [9.17, 15) is 12.8 Å². The molecule has 0 spiro atoms. The van der Waals surface area contributed by atoms with Crippen molar-refractivity contribution in [3.8, 4) is 17.0 Å². The molecule has 0 atom stereocenters. The predicted octanol–water partition coefficient (Wildman–Crippen LogP) is 4.35. The third kappa shape index (κ3) is 4.44. The maximum atomic E-state index is 14.8.